The highest BCUT2D eigenvalue weighted by Crippen LogP contribution is 2.14. The maximum absolute atomic E-state index is 12.2. The number of benzene rings is 2. The number of nitrogens with zero attached hydrogens (tertiary/aromatic N) is 1. The molecular weight excluding hydrogens is 446 g/mol. The highest BCUT2D eigenvalue weighted by molar-refractivity contribution is 7.80. The zero-order valence-electron chi connectivity index (χ0n) is 17.8. The molecule has 33 heavy (non-hydrogen) atoms. The fourth-order valence-corrected chi connectivity index (χ4v) is 2.70. The minimum absolute atomic E-state index is 0.0867. The van der Waals surface area contributed by atoms with Crippen LogP contribution in [0.5, 0.6) is 0 Å². The Balaban J connectivity index is 1.79. The van der Waals surface area contributed by atoms with Crippen molar-refractivity contribution in [1.82, 2.24) is 16.2 Å². The molecule has 4 N–H and O–H groups in total. The minimum Gasteiger partial charge on any atom is -0.326 e. The summed E-state index contributed by atoms with van der Waals surface area (Å²) in [5.41, 5.74) is 6.04. The molecule has 0 atom stereocenters. The Morgan fingerprint density at radius 3 is 2.48 bits per heavy atom. The van der Waals surface area contributed by atoms with Gasteiger partial charge in [0.1, 0.15) is 0 Å². The van der Waals surface area contributed by atoms with E-state index in [-0.39, 0.29) is 16.7 Å². The Bertz CT molecular complexity index is 1070. The van der Waals surface area contributed by atoms with E-state index in [2.05, 4.69) is 21.5 Å². The number of nitrogens with one attached hydrogen (secondary N) is 4. The molecular formula is C22H23N5O5S. The van der Waals surface area contributed by atoms with Crippen molar-refractivity contribution in [2.75, 3.05) is 5.32 Å². The van der Waals surface area contributed by atoms with E-state index in [1.54, 1.807) is 18.2 Å². The number of hydrogen-bond acceptors (Lipinski definition) is 6. The fourth-order valence-electron chi connectivity index (χ4n) is 2.55. The van der Waals surface area contributed by atoms with E-state index in [0.717, 1.165) is 18.9 Å². The molecule has 172 valence electrons. The molecule has 0 aromatic heterocycles. The second kappa shape index (κ2) is 12.7. The molecule has 0 bridgehead atoms. The van der Waals surface area contributed by atoms with Crippen LogP contribution in [0.25, 0.3) is 6.08 Å². The van der Waals surface area contributed by atoms with Gasteiger partial charge in [-0.3, -0.25) is 40.7 Å². The third kappa shape index (κ3) is 8.87. The molecule has 2 aromatic carbocycles. The number of unbranched alkanes of at least 4 members (excludes halogenated alkanes) is 1. The molecule has 0 saturated carbocycles. The lowest BCUT2D eigenvalue weighted by Gasteiger charge is -2.10. The highest BCUT2D eigenvalue weighted by Gasteiger charge is 2.08. The molecule has 2 rings (SSSR count). The van der Waals surface area contributed by atoms with Gasteiger partial charge in [0.05, 0.1) is 4.92 Å². The summed E-state index contributed by atoms with van der Waals surface area (Å²) in [4.78, 5) is 46.1. The first-order valence-electron chi connectivity index (χ1n) is 10.0. The van der Waals surface area contributed by atoms with E-state index in [0.29, 0.717) is 23.2 Å². The largest absolute Gasteiger partial charge is 0.326 e. The second-order valence-electron chi connectivity index (χ2n) is 6.81. The predicted octanol–water partition coefficient (Wildman–Crippen LogP) is 3.07. The standard InChI is InChI=1S/C22H23N5O5S/c1-2-3-7-19(28)23-17-11-9-16(10-12-17)21(30)25-26-22(33)24-20(29)13-8-15-5-4-6-18(14-15)27(31)32/h4-6,8-14H,2-3,7H2,1H3,(H,23,28)(H,25,30)(H2,24,26,29,33)/b13-8+. The summed E-state index contributed by atoms with van der Waals surface area (Å²) in [6, 6.07) is 12.1. The first-order chi connectivity index (χ1) is 15.8. The summed E-state index contributed by atoms with van der Waals surface area (Å²) in [6.45, 7) is 2.00. The van der Waals surface area contributed by atoms with Crippen LogP contribution in [0.2, 0.25) is 0 Å². The molecule has 10 nitrogen and oxygen atoms in total. The topological polar surface area (TPSA) is 142 Å². The van der Waals surface area contributed by atoms with Gasteiger partial charge in [0.25, 0.3) is 11.6 Å². The summed E-state index contributed by atoms with van der Waals surface area (Å²) < 4.78 is 0. The van der Waals surface area contributed by atoms with Gasteiger partial charge in [-0.05, 0) is 54.5 Å². The van der Waals surface area contributed by atoms with Crippen molar-refractivity contribution in [3.63, 3.8) is 0 Å². The zero-order valence-corrected chi connectivity index (χ0v) is 18.6. The third-order valence-electron chi connectivity index (χ3n) is 4.22. The number of non-ortho nitro benzene ring substituents is 1. The van der Waals surface area contributed by atoms with Crippen LogP contribution in [0.4, 0.5) is 11.4 Å². The van der Waals surface area contributed by atoms with E-state index >= 15 is 0 Å². The first kappa shape index (κ1) is 25.1. The smallest absolute Gasteiger partial charge is 0.270 e. The van der Waals surface area contributed by atoms with Gasteiger partial charge in [-0.15, -0.1) is 0 Å². The molecule has 0 radical (unpaired) electrons. The Morgan fingerprint density at radius 1 is 1.09 bits per heavy atom. The molecule has 0 unspecified atom stereocenters. The van der Waals surface area contributed by atoms with Gasteiger partial charge in [0.15, 0.2) is 5.11 Å². The Morgan fingerprint density at radius 2 is 1.82 bits per heavy atom. The number of amides is 3. The average Bonchev–Trinajstić information content (AvgIpc) is 2.80. The number of anilines is 1. The van der Waals surface area contributed by atoms with E-state index in [1.807, 2.05) is 6.92 Å². The van der Waals surface area contributed by atoms with Crippen LogP contribution in [0.15, 0.2) is 54.6 Å². The van der Waals surface area contributed by atoms with Crippen molar-refractivity contribution in [3.05, 3.63) is 75.8 Å². The van der Waals surface area contributed by atoms with Crippen molar-refractivity contribution < 1.29 is 19.3 Å². The molecule has 0 fully saturated rings. The molecule has 11 heteroatoms. The molecule has 0 aliphatic carbocycles. The summed E-state index contributed by atoms with van der Waals surface area (Å²) in [6.07, 6.45) is 4.72. The SMILES string of the molecule is CCCCC(=O)Nc1ccc(C(=O)NNC(=S)NC(=O)/C=C/c2cccc([N+](=O)[O-])c2)cc1. The quantitative estimate of drug-likeness (QED) is 0.201. The number of hydrogen-bond donors (Lipinski definition) is 4. The number of nitro benzene ring substituents is 1. The monoisotopic (exact) mass is 469 g/mol. The van der Waals surface area contributed by atoms with Crippen LogP contribution in [-0.2, 0) is 9.59 Å². The Kier molecular flexibility index (Phi) is 9.65. The fraction of sp³-hybridized carbons (Fsp3) is 0.182. The van der Waals surface area contributed by atoms with Crippen LogP contribution in [0, 0.1) is 10.1 Å². The lowest BCUT2D eigenvalue weighted by atomic mass is 10.2. The summed E-state index contributed by atoms with van der Waals surface area (Å²) in [7, 11) is 0. The Labute approximate surface area is 195 Å². The lowest BCUT2D eigenvalue weighted by Crippen LogP contribution is -2.48. The highest BCUT2D eigenvalue weighted by atomic mass is 32.1. The van der Waals surface area contributed by atoms with Crippen molar-refractivity contribution >= 4 is 52.5 Å². The van der Waals surface area contributed by atoms with Crippen molar-refractivity contribution in [2.45, 2.75) is 26.2 Å². The number of nitro groups is 1. The van der Waals surface area contributed by atoms with Crippen molar-refractivity contribution in [2.24, 2.45) is 0 Å². The molecule has 2 aromatic rings. The van der Waals surface area contributed by atoms with E-state index in [9.17, 15) is 24.5 Å². The molecule has 0 spiro atoms. The Hall–Kier alpha value is -4.12. The van der Waals surface area contributed by atoms with Gasteiger partial charge >= 0.3 is 0 Å². The van der Waals surface area contributed by atoms with Gasteiger partial charge in [-0.1, -0.05) is 25.5 Å². The summed E-state index contributed by atoms with van der Waals surface area (Å²) >= 11 is 4.96. The number of hydrazine groups is 1. The van der Waals surface area contributed by atoms with Gasteiger partial charge in [0, 0.05) is 35.9 Å². The molecule has 0 aliphatic rings. The maximum atomic E-state index is 12.2. The number of rotatable bonds is 8. The van der Waals surface area contributed by atoms with Gasteiger partial charge < -0.3 is 5.32 Å². The number of thiocarbonyl (C=S) groups is 1. The summed E-state index contributed by atoms with van der Waals surface area (Å²) in [5.74, 6) is -1.17. The first-order valence-corrected chi connectivity index (χ1v) is 10.4. The van der Waals surface area contributed by atoms with Crippen LogP contribution in [-0.4, -0.2) is 27.8 Å². The van der Waals surface area contributed by atoms with Crippen LogP contribution in [0.1, 0.15) is 42.1 Å². The molecule has 3 amide bonds. The average molecular weight is 470 g/mol. The predicted molar refractivity (Wildman–Crippen MR) is 128 cm³/mol. The zero-order chi connectivity index (χ0) is 24.2. The van der Waals surface area contributed by atoms with Crippen LogP contribution >= 0.6 is 12.2 Å². The lowest BCUT2D eigenvalue weighted by molar-refractivity contribution is -0.384. The van der Waals surface area contributed by atoms with E-state index < -0.39 is 16.7 Å². The summed E-state index contributed by atoms with van der Waals surface area (Å²) in [5, 5.41) is 15.7. The van der Waals surface area contributed by atoms with E-state index in [4.69, 9.17) is 12.2 Å². The molecule has 0 heterocycles. The molecule has 0 saturated heterocycles. The third-order valence-corrected chi connectivity index (χ3v) is 4.43. The van der Waals surface area contributed by atoms with E-state index in [1.165, 1.54) is 36.4 Å². The van der Waals surface area contributed by atoms with Crippen LogP contribution in [0.3, 0.4) is 0 Å². The van der Waals surface area contributed by atoms with Gasteiger partial charge in [-0.25, -0.2) is 0 Å². The maximum Gasteiger partial charge on any atom is 0.270 e. The van der Waals surface area contributed by atoms with Crippen LogP contribution < -0.4 is 21.5 Å². The normalized spacial score (nSPS) is 10.3. The van der Waals surface area contributed by atoms with Gasteiger partial charge in [-0.2, -0.15) is 0 Å². The van der Waals surface area contributed by atoms with Crippen molar-refractivity contribution in [1.29, 1.82) is 0 Å². The second-order valence-corrected chi connectivity index (χ2v) is 7.22. The minimum atomic E-state index is -0.587. The molecule has 0 aliphatic heterocycles. The number of carbonyl (C=O) groups is 3. The van der Waals surface area contributed by atoms with Gasteiger partial charge in [0.2, 0.25) is 11.8 Å². The van der Waals surface area contributed by atoms with Crippen molar-refractivity contribution in [3.8, 4) is 0 Å². The number of carbonyl (C=O) groups excluding carboxylic acids is 3.